The molecular formula is C24H30N2O5S. The van der Waals surface area contributed by atoms with Crippen molar-refractivity contribution in [2.75, 3.05) is 11.9 Å². The van der Waals surface area contributed by atoms with Crippen LogP contribution in [0.15, 0.2) is 5.16 Å². The summed E-state index contributed by atoms with van der Waals surface area (Å²) in [4.78, 5) is 44.0. The first-order chi connectivity index (χ1) is 15.4. The fourth-order valence-electron chi connectivity index (χ4n) is 6.79. The molecule has 0 radical (unpaired) electrons. The second kappa shape index (κ2) is 8.28. The number of carbonyl (C=O) groups excluding carboxylic acids is 3. The summed E-state index contributed by atoms with van der Waals surface area (Å²) in [7, 11) is 0. The summed E-state index contributed by atoms with van der Waals surface area (Å²) in [6.45, 7) is 3.42. The Hall–Kier alpha value is -2.22. The third kappa shape index (κ3) is 3.76. The number of thiophene rings is 1. The lowest BCUT2D eigenvalue weighted by molar-refractivity contribution is -0.171. The summed E-state index contributed by atoms with van der Waals surface area (Å²) in [6.07, 6.45) is 8.77. The molecule has 32 heavy (non-hydrogen) atoms. The molecule has 7 nitrogen and oxygen atoms in total. The molecule has 0 unspecified atom stereocenters. The van der Waals surface area contributed by atoms with Gasteiger partial charge in [0.1, 0.15) is 5.00 Å². The summed E-state index contributed by atoms with van der Waals surface area (Å²) < 4.78 is 5.24. The molecule has 1 amide bonds. The number of hydrogen-bond acceptors (Lipinski definition) is 7. The van der Waals surface area contributed by atoms with Crippen LogP contribution in [-0.4, -0.2) is 30.2 Å². The zero-order chi connectivity index (χ0) is 22.5. The average molecular weight is 459 g/mol. The van der Waals surface area contributed by atoms with E-state index in [2.05, 4.69) is 10.5 Å². The first-order valence-corrected chi connectivity index (χ1v) is 12.6. The SMILES string of the molecule is CCOC(=O)c1c(NC(C)=O)sc2c1CCCC2=NOC(=O)C12CC3CC(CC(C3)C1)C2. The van der Waals surface area contributed by atoms with Gasteiger partial charge in [0.15, 0.2) is 0 Å². The maximum absolute atomic E-state index is 13.2. The van der Waals surface area contributed by atoms with Gasteiger partial charge >= 0.3 is 11.9 Å². The fraction of sp³-hybridized carbons (Fsp3) is 0.667. The lowest BCUT2D eigenvalue weighted by Crippen LogP contribution is -2.50. The average Bonchev–Trinajstić information content (AvgIpc) is 3.09. The van der Waals surface area contributed by atoms with Gasteiger partial charge in [-0.05, 0) is 88.0 Å². The van der Waals surface area contributed by atoms with E-state index < -0.39 is 5.97 Å². The third-order valence-corrected chi connectivity index (χ3v) is 8.79. The molecule has 5 aliphatic carbocycles. The van der Waals surface area contributed by atoms with Crippen LogP contribution < -0.4 is 5.32 Å². The van der Waals surface area contributed by atoms with Crippen LogP contribution in [0.2, 0.25) is 0 Å². The Morgan fingerprint density at radius 3 is 2.34 bits per heavy atom. The minimum Gasteiger partial charge on any atom is -0.462 e. The van der Waals surface area contributed by atoms with Gasteiger partial charge in [0.25, 0.3) is 0 Å². The Labute approximate surface area is 191 Å². The van der Waals surface area contributed by atoms with Gasteiger partial charge in [-0.25, -0.2) is 9.59 Å². The van der Waals surface area contributed by atoms with Gasteiger partial charge in [-0.3, -0.25) is 4.79 Å². The van der Waals surface area contributed by atoms with E-state index in [1.54, 1.807) is 6.92 Å². The number of nitrogens with one attached hydrogen (secondary N) is 1. The Balaban J connectivity index is 1.41. The molecule has 1 aromatic rings. The third-order valence-electron chi connectivity index (χ3n) is 7.59. The van der Waals surface area contributed by atoms with Crippen LogP contribution >= 0.6 is 11.3 Å². The van der Waals surface area contributed by atoms with Crippen molar-refractivity contribution in [2.24, 2.45) is 28.3 Å². The van der Waals surface area contributed by atoms with Crippen LogP contribution in [-0.2, 0) is 25.6 Å². The fourth-order valence-corrected chi connectivity index (χ4v) is 8.08. The molecule has 0 spiro atoms. The molecule has 0 atom stereocenters. The number of carbonyl (C=O) groups is 3. The molecule has 8 heteroatoms. The first kappa shape index (κ1) is 21.6. The van der Waals surface area contributed by atoms with Crippen LogP contribution in [0.5, 0.6) is 0 Å². The normalized spacial score (nSPS) is 31.3. The Bertz CT molecular complexity index is 959. The van der Waals surface area contributed by atoms with Crippen LogP contribution in [0.3, 0.4) is 0 Å². The topological polar surface area (TPSA) is 94.1 Å². The maximum atomic E-state index is 13.2. The van der Waals surface area contributed by atoms with Crippen molar-refractivity contribution >= 4 is 39.9 Å². The number of fused-ring (bicyclic) bond motifs is 1. The maximum Gasteiger partial charge on any atom is 0.341 e. The van der Waals surface area contributed by atoms with Crippen LogP contribution in [0, 0.1) is 23.2 Å². The zero-order valence-corrected chi connectivity index (χ0v) is 19.5. The Kier molecular flexibility index (Phi) is 5.60. The molecular weight excluding hydrogens is 428 g/mol. The number of oxime groups is 1. The molecule has 0 aliphatic heterocycles. The largest absolute Gasteiger partial charge is 0.462 e. The number of rotatable bonds is 5. The predicted molar refractivity (Wildman–Crippen MR) is 121 cm³/mol. The van der Waals surface area contributed by atoms with Crippen LogP contribution in [0.4, 0.5) is 5.00 Å². The van der Waals surface area contributed by atoms with Crippen molar-refractivity contribution in [2.45, 2.75) is 71.6 Å². The van der Waals surface area contributed by atoms with Gasteiger partial charge in [0.05, 0.1) is 28.2 Å². The predicted octanol–water partition coefficient (Wildman–Crippen LogP) is 4.68. The highest BCUT2D eigenvalue weighted by molar-refractivity contribution is 7.19. The lowest BCUT2D eigenvalue weighted by atomic mass is 9.49. The quantitative estimate of drug-likeness (QED) is 0.393. The molecule has 5 aliphatic rings. The van der Waals surface area contributed by atoms with Gasteiger partial charge in [-0.2, -0.15) is 0 Å². The molecule has 6 rings (SSSR count). The second-order valence-corrected chi connectivity index (χ2v) is 11.0. The number of ether oxygens (including phenoxy) is 1. The van der Waals surface area contributed by atoms with Crippen molar-refractivity contribution in [1.82, 2.24) is 0 Å². The van der Waals surface area contributed by atoms with Crippen LogP contribution in [0.1, 0.15) is 86.0 Å². The summed E-state index contributed by atoms with van der Waals surface area (Å²) in [5, 5.41) is 7.57. The molecule has 4 saturated carbocycles. The van der Waals surface area contributed by atoms with E-state index in [4.69, 9.17) is 9.57 Å². The standard InChI is InChI=1S/C24H30N2O5S/c1-3-30-22(28)19-17-5-4-6-18(20(17)32-21(19)25-13(2)27)26-31-23(29)24-10-14-7-15(11-24)9-16(8-14)12-24/h14-16H,3-12H2,1-2H3,(H,25,27). The molecule has 1 aromatic heterocycles. The highest BCUT2D eigenvalue weighted by Crippen LogP contribution is 2.60. The Morgan fingerprint density at radius 2 is 1.75 bits per heavy atom. The molecule has 0 aromatic carbocycles. The number of esters is 1. The first-order valence-electron chi connectivity index (χ1n) is 11.8. The van der Waals surface area contributed by atoms with Crippen molar-refractivity contribution in [3.05, 3.63) is 16.0 Å². The summed E-state index contributed by atoms with van der Waals surface area (Å²) >= 11 is 1.31. The van der Waals surface area contributed by atoms with E-state index in [-0.39, 0.29) is 23.9 Å². The molecule has 172 valence electrons. The van der Waals surface area contributed by atoms with Gasteiger partial charge in [0, 0.05) is 6.92 Å². The highest BCUT2D eigenvalue weighted by Gasteiger charge is 2.55. The van der Waals surface area contributed by atoms with Crippen molar-refractivity contribution in [3.8, 4) is 0 Å². The number of nitrogens with zero attached hydrogens (tertiary/aromatic N) is 1. The van der Waals surface area contributed by atoms with Gasteiger partial charge < -0.3 is 14.9 Å². The molecule has 0 saturated heterocycles. The number of anilines is 1. The van der Waals surface area contributed by atoms with E-state index in [1.165, 1.54) is 37.5 Å². The monoisotopic (exact) mass is 458 g/mol. The highest BCUT2D eigenvalue weighted by atomic mass is 32.1. The van der Waals surface area contributed by atoms with E-state index in [0.29, 0.717) is 46.9 Å². The summed E-state index contributed by atoms with van der Waals surface area (Å²) in [5.41, 5.74) is 1.55. The van der Waals surface area contributed by atoms with Crippen molar-refractivity contribution in [1.29, 1.82) is 0 Å². The van der Waals surface area contributed by atoms with Crippen LogP contribution in [0.25, 0.3) is 0 Å². The summed E-state index contributed by atoms with van der Waals surface area (Å²) in [5.74, 6) is 1.11. The molecule has 4 bridgehead atoms. The summed E-state index contributed by atoms with van der Waals surface area (Å²) in [6, 6.07) is 0. The second-order valence-electron chi connectivity index (χ2n) is 9.98. The van der Waals surface area contributed by atoms with Gasteiger partial charge in [-0.1, -0.05) is 5.16 Å². The zero-order valence-electron chi connectivity index (χ0n) is 18.7. The number of amides is 1. The van der Waals surface area contributed by atoms with Crippen molar-refractivity contribution in [3.63, 3.8) is 0 Å². The Morgan fingerprint density at radius 1 is 1.09 bits per heavy atom. The molecule has 1 heterocycles. The van der Waals surface area contributed by atoms with E-state index in [1.807, 2.05) is 0 Å². The minimum absolute atomic E-state index is 0.180. The smallest absolute Gasteiger partial charge is 0.341 e. The van der Waals surface area contributed by atoms with E-state index in [9.17, 15) is 14.4 Å². The number of hydrogen-bond donors (Lipinski definition) is 1. The lowest BCUT2D eigenvalue weighted by Gasteiger charge is -2.54. The minimum atomic E-state index is -0.444. The van der Waals surface area contributed by atoms with Gasteiger partial charge in [-0.15, -0.1) is 11.3 Å². The van der Waals surface area contributed by atoms with E-state index >= 15 is 0 Å². The van der Waals surface area contributed by atoms with Crippen molar-refractivity contribution < 1.29 is 24.0 Å². The van der Waals surface area contributed by atoms with Gasteiger partial charge in [0.2, 0.25) is 5.91 Å². The molecule has 1 N–H and O–H groups in total. The molecule has 4 fully saturated rings. The van der Waals surface area contributed by atoms with E-state index in [0.717, 1.165) is 36.1 Å².